The molecular formula is C20H15Cl2F3N4O3. The predicted molar refractivity (Wildman–Crippen MR) is 111 cm³/mol. The highest BCUT2D eigenvalue weighted by atomic mass is 35.5. The van der Waals surface area contributed by atoms with E-state index in [1.54, 1.807) is 11.0 Å². The minimum absolute atomic E-state index is 0.112. The normalized spacial score (nSPS) is 15.3. The van der Waals surface area contributed by atoms with E-state index in [0.717, 1.165) is 34.3 Å². The Morgan fingerprint density at radius 1 is 1.28 bits per heavy atom. The first-order valence-corrected chi connectivity index (χ1v) is 10.1. The summed E-state index contributed by atoms with van der Waals surface area (Å²) in [5.41, 5.74) is 1.41. The zero-order chi connectivity index (χ0) is 23.0. The van der Waals surface area contributed by atoms with Gasteiger partial charge in [-0.15, -0.1) is 0 Å². The highest BCUT2D eigenvalue weighted by Crippen LogP contribution is 2.34. The average molecular weight is 487 g/mol. The number of nitrogens with one attached hydrogen (secondary N) is 2. The maximum absolute atomic E-state index is 13.0. The van der Waals surface area contributed by atoms with Crippen molar-refractivity contribution in [1.82, 2.24) is 14.9 Å². The van der Waals surface area contributed by atoms with E-state index in [9.17, 15) is 22.8 Å². The van der Waals surface area contributed by atoms with Crippen LogP contribution in [0.2, 0.25) is 10.0 Å². The Hall–Kier alpha value is -2.82. The van der Waals surface area contributed by atoms with Gasteiger partial charge in [0.15, 0.2) is 5.69 Å². The molecule has 2 N–H and O–H groups in total. The molecule has 168 valence electrons. The van der Waals surface area contributed by atoms with Crippen LogP contribution in [0.1, 0.15) is 17.0 Å². The van der Waals surface area contributed by atoms with Crippen molar-refractivity contribution in [2.45, 2.75) is 25.4 Å². The largest absolute Gasteiger partial charge is 0.439 e. The molecular weight excluding hydrogens is 472 g/mol. The van der Waals surface area contributed by atoms with Crippen molar-refractivity contribution in [2.75, 3.05) is 11.9 Å². The fraction of sp³-hybridized carbons (Fsp3) is 0.250. The molecule has 1 aliphatic heterocycles. The number of halogens is 5. The first-order chi connectivity index (χ1) is 15.2. The fourth-order valence-corrected chi connectivity index (χ4v) is 4.08. The summed E-state index contributed by atoms with van der Waals surface area (Å²) in [5, 5.41) is 3.22. The third-order valence-electron chi connectivity index (χ3n) is 5.07. The molecule has 0 aliphatic carbocycles. The molecule has 0 spiro atoms. The van der Waals surface area contributed by atoms with Crippen LogP contribution in [0.3, 0.4) is 0 Å². The lowest BCUT2D eigenvalue weighted by Gasteiger charge is -2.32. The molecule has 3 heterocycles. The van der Waals surface area contributed by atoms with Crippen molar-refractivity contribution in [1.29, 1.82) is 0 Å². The Labute approximate surface area is 189 Å². The molecule has 0 bridgehead atoms. The van der Waals surface area contributed by atoms with Crippen molar-refractivity contribution in [3.05, 3.63) is 57.3 Å². The minimum atomic E-state index is -4.79. The van der Waals surface area contributed by atoms with Gasteiger partial charge in [-0.05, 0) is 42.3 Å². The monoisotopic (exact) mass is 486 g/mol. The molecule has 12 heteroatoms. The van der Waals surface area contributed by atoms with Crippen LogP contribution in [0.4, 0.5) is 19.0 Å². The summed E-state index contributed by atoms with van der Waals surface area (Å²) in [7, 11) is 0. The van der Waals surface area contributed by atoms with Gasteiger partial charge in [0.2, 0.25) is 6.23 Å². The number of rotatable bonds is 5. The third-order valence-corrected chi connectivity index (χ3v) is 5.61. The number of aromatic amines is 1. The van der Waals surface area contributed by atoms with E-state index < -0.39 is 29.0 Å². The number of pyridine rings is 1. The van der Waals surface area contributed by atoms with E-state index >= 15 is 0 Å². The number of H-pyrrole nitrogens is 1. The minimum Gasteiger partial charge on any atom is -0.439 e. The van der Waals surface area contributed by atoms with Crippen molar-refractivity contribution in [3.8, 4) is 0 Å². The van der Waals surface area contributed by atoms with Crippen LogP contribution in [0, 0.1) is 0 Å². The second kappa shape index (κ2) is 8.61. The van der Waals surface area contributed by atoms with Crippen LogP contribution in [0.15, 0.2) is 30.3 Å². The second-order valence-electron chi connectivity index (χ2n) is 7.09. The Kier molecular flexibility index (Phi) is 6.02. The maximum atomic E-state index is 13.0. The first kappa shape index (κ1) is 22.4. The SMILES string of the molecule is O=COC(C(=O)Nc1ccc(Cl)c(C(F)(F)F)n1)N1CCc2c([nH]c3ccc(Cl)cc23)C1. The number of anilines is 1. The highest BCUT2D eigenvalue weighted by molar-refractivity contribution is 6.31. The molecule has 0 saturated heterocycles. The number of hydrogen-bond donors (Lipinski definition) is 2. The average Bonchev–Trinajstić information content (AvgIpc) is 3.09. The number of amides is 1. The van der Waals surface area contributed by atoms with Gasteiger partial charge < -0.3 is 15.0 Å². The van der Waals surface area contributed by atoms with Gasteiger partial charge in [0.25, 0.3) is 12.4 Å². The lowest BCUT2D eigenvalue weighted by atomic mass is 10.0. The summed E-state index contributed by atoms with van der Waals surface area (Å²) in [6, 6.07) is 7.55. The number of aromatic nitrogens is 2. The quantitative estimate of drug-likeness (QED) is 0.522. The van der Waals surface area contributed by atoms with E-state index in [1.165, 1.54) is 0 Å². The van der Waals surface area contributed by atoms with Crippen molar-refractivity contribution >= 4 is 52.3 Å². The Bertz CT molecular complexity index is 1200. The van der Waals surface area contributed by atoms with Gasteiger partial charge in [-0.3, -0.25) is 14.5 Å². The molecule has 0 saturated carbocycles. The molecule has 1 aromatic carbocycles. The summed E-state index contributed by atoms with van der Waals surface area (Å²) < 4.78 is 44.1. The second-order valence-corrected chi connectivity index (χ2v) is 7.93. The molecule has 32 heavy (non-hydrogen) atoms. The summed E-state index contributed by atoms with van der Waals surface area (Å²) in [6.07, 6.45) is -5.63. The van der Waals surface area contributed by atoms with Crippen molar-refractivity contribution in [2.24, 2.45) is 0 Å². The van der Waals surface area contributed by atoms with Gasteiger partial charge in [-0.2, -0.15) is 13.2 Å². The molecule has 0 fully saturated rings. The topological polar surface area (TPSA) is 87.3 Å². The zero-order valence-corrected chi connectivity index (χ0v) is 17.7. The molecule has 1 aliphatic rings. The number of ether oxygens (including phenoxy) is 1. The summed E-state index contributed by atoms with van der Waals surface area (Å²) in [5.74, 6) is -1.22. The van der Waals surface area contributed by atoms with Crippen LogP contribution in [-0.4, -0.2) is 40.0 Å². The predicted octanol–water partition coefficient (Wildman–Crippen LogP) is 4.38. The Morgan fingerprint density at radius 2 is 2.06 bits per heavy atom. The smallest absolute Gasteiger partial charge is 0.434 e. The van der Waals surface area contributed by atoms with Crippen LogP contribution in [-0.2, 0) is 33.5 Å². The van der Waals surface area contributed by atoms with Gasteiger partial charge in [0.05, 0.1) is 5.02 Å². The van der Waals surface area contributed by atoms with Gasteiger partial charge >= 0.3 is 6.18 Å². The number of alkyl halides is 3. The van der Waals surface area contributed by atoms with Gasteiger partial charge in [-0.25, -0.2) is 4.98 Å². The molecule has 2 aromatic heterocycles. The van der Waals surface area contributed by atoms with E-state index in [1.807, 2.05) is 12.1 Å². The van der Waals surface area contributed by atoms with Crippen molar-refractivity contribution < 1.29 is 27.5 Å². The number of carbonyl (C=O) groups excluding carboxylic acids is 2. The molecule has 7 nitrogen and oxygen atoms in total. The molecule has 3 aromatic rings. The van der Waals surface area contributed by atoms with Gasteiger partial charge in [0, 0.05) is 34.7 Å². The zero-order valence-electron chi connectivity index (χ0n) is 16.2. The summed E-state index contributed by atoms with van der Waals surface area (Å²) in [6.45, 7) is 0.719. The number of nitrogens with zero attached hydrogens (tertiary/aromatic N) is 2. The maximum Gasteiger partial charge on any atom is 0.434 e. The number of benzene rings is 1. The molecule has 1 amide bonds. The van der Waals surface area contributed by atoms with Crippen LogP contribution in [0.25, 0.3) is 10.9 Å². The molecule has 0 radical (unpaired) electrons. The van der Waals surface area contributed by atoms with Crippen LogP contribution < -0.4 is 5.32 Å². The standard InChI is InChI=1S/C20H15Cl2F3N4O3/c21-10-1-3-14-12(7-10)11-5-6-29(8-15(11)26-14)19(32-9-30)18(31)28-16-4-2-13(22)17(27-16)20(23,24)25/h1-4,7,9,19,26H,5-6,8H2,(H,27,28,31). The molecule has 1 unspecified atom stereocenters. The Morgan fingerprint density at radius 3 is 2.78 bits per heavy atom. The Balaban J connectivity index is 1.56. The summed E-state index contributed by atoms with van der Waals surface area (Å²) >= 11 is 11.6. The van der Waals surface area contributed by atoms with Crippen LogP contribution >= 0.6 is 23.2 Å². The van der Waals surface area contributed by atoms with Gasteiger partial charge in [0.1, 0.15) is 5.82 Å². The first-order valence-electron chi connectivity index (χ1n) is 9.34. The van der Waals surface area contributed by atoms with E-state index in [4.69, 9.17) is 27.9 Å². The number of hydrogen-bond acceptors (Lipinski definition) is 5. The molecule has 1 atom stereocenters. The van der Waals surface area contributed by atoms with E-state index in [-0.39, 0.29) is 18.8 Å². The third kappa shape index (κ3) is 4.38. The molecule has 4 rings (SSSR count). The lowest BCUT2D eigenvalue weighted by Crippen LogP contribution is -2.48. The number of carbonyl (C=O) groups is 2. The van der Waals surface area contributed by atoms with Crippen LogP contribution in [0.5, 0.6) is 0 Å². The summed E-state index contributed by atoms with van der Waals surface area (Å²) in [4.78, 5) is 32.0. The van der Waals surface area contributed by atoms with E-state index in [0.29, 0.717) is 18.0 Å². The lowest BCUT2D eigenvalue weighted by molar-refractivity contribution is -0.155. The van der Waals surface area contributed by atoms with E-state index in [2.05, 4.69) is 15.3 Å². The highest BCUT2D eigenvalue weighted by Gasteiger charge is 2.36. The van der Waals surface area contributed by atoms with Crippen molar-refractivity contribution in [3.63, 3.8) is 0 Å². The van der Waals surface area contributed by atoms with Gasteiger partial charge in [-0.1, -0.05) is 23.2 Å². The fourth-order valence-electron chi connectivity index (χ4n) is 3.70. The number of fused-ring (bicyclic) bond motifs is 3.